The first kappa shape index (κ1) is 22.4. The average molecular weight is 411 g/mol. The molecule has 4 aliphatic rings. The zero-order valence-corrected chi connectivity index (χ0v) is 20.3. The van der Waals surface area contributed by atoms with E-state index in [1.165, 1.54) is 44.1 Å². The smallest absolute Gasteiger partial charge is 0.0543 e. The Labute approximate surface area is 186 Å². The second-order valence-electron chi connectivity index (χ2n) is 12.0. The first-order valence-electron chi connectivity index (χ1n) is 12.9. The van der Waals surface area contributed by atoms with Crippen LogP contribution >= 0.6 is 0 Å². The third-order valence-corrected chi connectivity index (χ3v) is 10.5. The predicted molar refractivity (Wildman–Crippen MR) is 128 cm³/mol. The van der Waals surface area contributed by atoms with Crippen LogP contribution in [0.25, 0.3) is 0 Å². The third kappa shape index (κ3) is 3.58. The van der Waals surface area contributed by atoms with Crippen LogP contribution in [0.2, 0.25) is 0 Å². The van der Waals surface area contributed by atoms with Gasteiger partial charge in [-0.1, -0.05) is 63.6 Å². The fraction of sp³-hybridized carbons (Fsp3) is 0.793. The maximum Gasteiger partial charge on any atom is 0.0543 e. The SMILES string of the molecule is C=C(C)[C@@H](C=C[C@@H](C)[C@H]1CC[C@H]2C3=CCC4C[C@@H](O)CC[C@]4(C)[C@H]3CC[C@]12C)CC. The summed E-state index contributed by atoms with van der Waals surface area (Å²) in [5.74, 6) is 4.27. The molecule has 0 aromatic carbocycles. The van der Waals surface area contributed by atoms with Gasteiger partial charge in [0, 0.05) is 0 Å². The highest BCUT2D eigenvalue weighted by Gasteiger charge is 2.57. The summed E-state index contributed by atoms with van der Waals surface area (Å²) < 4.78 is 0. The molecule has 0 heterocycles. The second kappa shape index (κ2) is 8.27. The first-order chi connectivity index (χ1) is 14.2. The van der Waals surface area contributed by atoms with E-state index < -0.39 is 0 Å². The minimum atomic E-state index is -0.0541. The largest absolute Gasteiger partial charge is 0.393 e. The molecule has 1 N–H and O–H groups in total. The van der Waals surface area contributed by atoms with Crippen molar-refractivity contribution < 1.29 is 5.11 Å². The summed E-state index contributed by atoms with van der Waals surface area (Å²) in [5.41, 5.74) is 4.04. The van der Waals surface area contributed by atoms with Crippen LogP contribution in [0.3, 0.4) is 0 Å². The minimum Gasteiger partial charge on any atom is -0.393 e. The van der Waals surface area contributed by atoms with Crippen LogP contribution in [0.1, 0.15) is 92.4 Å². The maximum atomic E-state index is 10.3. The van der Waals surface area contributed by atoms with E-state index in [0.717, 1.165) is 37.0 Å². The Hall–Kier alpha value is -0.820. The molecule has 0 aliphatic heterocycles. The zero-order chi connectivity index (χ0) is 21.7. The number of fused-ring (bicyclic) bond motifs is 5. The number of rotatable bonds is 5. The van der Waals surface area contributed by atoms with Crippen LogP contribution < -0.4 is 0 Å². The Morgan fingerprint density at radius 3 is 2.53 bits per heavy atom. The van der Waals surface area contributed by atoms with Gasteiger partial charge in [0.1, 0.15) is 0 Å². The lowest BCUT2D eigenvalue weighted by Gasteiger charge is -2.57. The lowest BCUT2D eigenvalue weighted by atomic mass is 9.47. The van der Waals surface area contributed by atoms with Crippen molar-refractivity contribution in [1.82, 2.24) is 0 Å². The van der Waals surface area contributed by atoms with E-state index in [9.17, 15) is 5.11 Å². The molecular weight excluding hydrogens is 364 g/mol. The summed E-state index contributed by atoms with van der Waals surface area (Å²) >= 11 is 0. The van der Waals surface area contributed by atoms with Crippen molar-refractivity contribution in [3.63, 3.8) is 0 Å². The van der Waals surface area contributed by atoms with Gasteiger partial charge < -0.3 is 5.11 Å². The van der Waals surface area contributed by atoms with Crippen molar-refractivity contribution in [2.24, 2.45) is 46.3 Å². The third-order valence-electron chi connectivity index (χ3n) is 10.5. The Morgan fingerprint density at radius 1 is 1.13 bits per heavy atom. The fourth-order valence-electron chi connectivity index (χ4n) is 8.49. The molecule has 0 aromatic heterocycles. The van der Waals surface area contributed by atoms with Gasteiger partial charge in [-0.15, -0.1) is 0 Å². The van der Waals surface area contributed by atoms with Gasteiger partial charge in [-0.25, -0.2) is 0 Å². The molecule has 0 aromatic rings. The Bertz CT molecular complexity index is 716. The minimum absolute atomic E-state index is 0.0541. The van der Waals surface area contributed by atoms with E-state index >= 15 is 0 Å². The topological polar surface area (TPSA) is 20.2 Å². The molecule has 0 amide bonds. The van der Waals surface area contributed by atoms with E-state index in [0.29, 0.717) is 28.6 Å². The molecule has 1 unspecified atom stereocenters. The van der Waals surface area contributed by atoms with Crippen LogP contribution in [-0.2, 0) is 0 Å². The van der Waals surface area contributed by atoms with Crippen molar-refractivity contribution in [3.05, 3.63) is 36.0 Å². The van der Waals surface area contributed by atoms with E-state index in [1.807, 2.05) is 5.57 Å². The molecule has 4 aliphatic carbocycles. The van der Waals surface area contributed by atoms with Gasteiger partial charge in [-0.05, 0) is 111 Å². The van der Waals surface area contributed by atoms with Crippen molar-refractivity contribution in [2.45, 2.75) is 98.5 Å². The van der Waals surface area contributed by atoms with Crippen molar-refractivity contribution in [1.29, 1.82) is 0 Å². The monoisotopic (exact) mass is 410 g/mol. The van der Waals surface area contributed by atoms with E-state index in [-0.39, 0.29) is 6.10 Å². The Kier molecular flexibility index (Phi) is 6.17. The molecule has 30 heavy (non-hydrogen) atoms. The molecule has 3 fully saturated rings. The molecular formula is C29H46O. The normalized spacial score (nSPS) is 45.3. The molecule has 0 radical (unpaired) electrons. The number of hydrogen-bond donors (Lipinski definition) is 1. The molecule has 168 valence electrons. The summed E-state index contributed by atoms with van der Waals surface area (Å²) in [6, 6.07) is 0. The van der Waals surface area contributed by atoms with Gasteiger partial charge >= 0.3 is 0 Å². The molecule has 1 nitrogen and oxygen atoms in total. The lowest BCUT2D eigenvalue weighted by molar-refractivity contribution is -0.0414. The van der Waals surface area contributed by atoms with Gasteiger partial charge in [-0.3, -0.25) is 0 Å². The van der Waals surface area contributed by atoms with Crippen LogP contribution in [0.4, 0.5) is 0 Å². The van der Waals surface area contributed by atoms with E-state index in [1.54, 1.807) is 0 Å². The van der Waals surface area contributed by atoms with Crippen LogP contribution in [0.15, 0.2) is 36.0 Å². The summed E-state index contributed by atoms with van der Waals surface area (Å²) in [4.78, 5) is 0. The number of allylic oxidation sites excluding steroid dienone is 5. The zero-order valence-electron chi connectivity index (χ0n) is 20.3. The quantitative estimate of drug-likeness (QED) is 0.460. The predicted octanol–water partition coefficient (Wildman–Crippen LogP) is 7.72. The van der Waals surface area contributed by atoms with Gasteiger partial charge in [0.25, 0.3) is 0 Å². The fourth-order valence-corrected chi connectivity index (χ4v) is 8.49. The number of hydrogen-bond acceptors (Lipinski definition) is 1. The van der Waals surface area contributed by atoms with Crippen molar-refractivity contribution >= 4 is 0 Å². The maximum absolute atomic E-state index is 10.3. The van der Waals surface area contributed by atoms with Gasteiger partial charge in [0.15, 0.2) is 0 Å². The van der Waals surface area contributed by atoms with E-state index in [4.69, 9.17) is 0 Å². The van der Waals surface area contributed by atoms with Gasteiger partial charge in [-0.2, -0.15) is 0 Å². The van der Waals surface area contributed by atoms with Crippen LogP contribution in [-0.4, -0.2) is 11.2 Å². The average Bonchev–Trinajstić information content (AvgIpc) is 3.06. The highest BCUT2D eigenvalue weighted by molar-refractivity contribution is 5.28. The number of aliphatic hydroxyl groups is 1. The molecule has 0 saturated heterocycles. The Morgan fingerprint density at radius 2 is 1.83 bits per heavy atom. The summed E-state index contributed by atoms with van der Waals surface area (Å²) in [5, 5.41) is 10.3. The van der Waals surface area contributed by atoms with E-state index in [2.05, 4.69) is 59.4 Å². The van der Waals surface area contributed by atoms with Crippen molar-refractivity contribution in [3.8, 4) is 0 Å². The lowest BCUT2D eigenvalue weighted by Crippen LogP contribution is -2.49. The van der Waals surface area contributed by atoms with Crippen molar-refractivity contribution in [2.75, 3.05) is 0 Å². The summed E-state index contributed by atoms with van der Waals surface area (Å²) in [6.07, 6.45) is 18.8. The number of aliphatic hydroxyl groups excluding tert-OH is 1. The molecule has 4 rings (SSSR count). The van der Waals surface area contributed by atoms with Gasteiger partial charge in [0.05, 0.1) is 6.10 Å². The second-order valence-corrected chi connectivity index (χ2v) is 12.0. The molecule has 1 heteroatoms. The van der Waals surface area contributed by atoms with Gasteiger partial charge in [0.2, 0.25) is 0 Å². The first-order valence-corrected chi connectivity index (χ1v) is 12.9. The standard InChI is InChI=1S/C29H46O/c1-7-21(19(2)3)9-8-20(4)25-12-13-26-24-11-10-22-18-23(30)14-16-28(22,5)27(24)15-17-29(25,26)6/h8-9,11,20-23,25-27,30H,2,7,10,12-18H2,1,3-6H3/t20-,21-,22?,23+,25-,26+,27+,28+,29-/m1/s1. The highest BCUT2D eigenvalue weighted by Crippen LogP contribution is 2.66. The molecule has 9 atom stereocenters. The molecule has 0 spiro atoms. The summed E-state index contributed by atoms with van der Waals surface area (Å²) in [6.45, 7) is 16.3. The molecule has 0 bridgehead atoms. The molecule has 3 saturated carbocycles. The van der Waals surface area contributed by atoms with Crippen LogP contribution in [0, 0.1) is 46.3 Å². The van der Waals surface area contributed by atoms with Crippen LogP contribution in [0.5, 0.6) is 0 Å². The summed E-state index contributed by atoms with van der Waals surface area (Å²) in [7, 11) is 0. The highest BCUT2D eigenvalue weighted by atomic mass is 16.3. The Balaban J connectivity index is 1.54.